The number of hydrogen-bond donors (Lipinski definition) is 1. The van der Waals surface area contributed by atoms with Crippen molar-refractivity contribution < 1.29 is 4.52 Å². The third-order valence-electron chi connectivity index (χ3n) is 2.40. The van der Waals surface area contributed by atoms with Crippen molar-refractivity contribution in [2.45, 2.75) is 19.4 Å². The van der Waals surface area contributed by atoms with Gasteiger partial charge in [-0.1, -0.05) is 5.16 Å². The van der Waals surface area contributed by atoms with E-state index in [9.17, 15) is 0 Å². The van der Waals surface area contributed by atoms with Crippen LogP contribution in [0, 0.1) is 0 Å². The van der Waals surface area contributed by atoms with Gasteiger partial charge >= 0.3 is 0 Å². The quantitative estimate of drug-likeness (QED) is 0.935. The molecule has 0 bridgehead atoms. The number of rotatable bonds is 4. The van der Waals surface area contributed by atoms with Crippen LogP contribution in [-0.4, -0.2) is 28.2 Å². The fourth-order valence-electron chi connectivity index (χ4n) is 1.35. The van der Waals surface area contributed by atoms with Crippen molar-refractivity contribution in [3.05, 3.63) is 28.8 Å². The SMILES string of the molecule is CNC(C)Cc1nc(-c2cncc(Br)c2)no1. The first kappa shape index (κ1) is 12.2. The molecule has 90 valence electrons. The van der Waals surface area contributed by atoms with Crippen molar-refractivity contribution in [1.29, 1.82) is 0 Å². The fourth-order valence-corrected chi connectivity index (χ4v) is 1.72. The van der Waals surface area contributed by atoms with Crippen molar-refractivity contribution in [3.63, 3.8) is 0 Å². The molecule has 0 aliphatic carbocycles. The van der Waals surface area contributed by atoms with Gasteiger partial charge in [0.25, 0.3) is 0 Å². The Morgan fingerprint density at radius 3 is 3.00 bits per heavy atom. The molecule has 0 saturated carbocycles. The zero-order valence-electron chi connectivity index (χ0n) is 9.64. The molecule has 0 spiro atoms. The molecule has 0 amide bonds. The first-order valence-electron chi connectivity index (χ1n) is 5.30. The third-order valence-corrected chi connectivity index (χ3v) is 2.84. The standard InChI is InChI=1S/C11H13BrN4O/c1-7(13-2)3-10-15-11(16-17-10)8-4-9(12)6-14-5-8/h4-7,13H,3H2,1-2H3. The van der Waals surface area contributed by atoms with Gasteiger partial charge in [-0.25, -0.2) is 0 Å². The first-order chi connectivity index (χ1) is 8.19. The van der Waals surface area contributed by atoms with Gasteiger partial charge in [-0.3, -0.25) is 4.98 Å². The van der Waals surface area contributed by atoms with Crippen molar-refractivity contribution in [2.75, 3.05) is 7.05 Å². The highest BCUT2D eigenvalue weighted by molar-refractivity contribution is 9.10. The highest BCUT2D eigenvalue weighted by atomic mass is 79.9. The second-order valence-corrected chi connectivity index (χ2v) is 4.71. The molecular formula is C11H13BrN4O. The Morgan fingerprint density at radius 1 is 1.47 bits per heavy atom. The second-order valence-electron chi connectivity index (χ2n) is 3.80. The second kappa shape index (κ2) is 5.37. The van der Waals surface area contributed by atoms with E-state index in [0.29, 0.717) is 24.2 Å². The molecule has 0 aliphatic heterocycles. The average Bonchev–Trinajstić information content (AvgIpc) is 2.77. The molecule has 1 unspecified atom stereocenters. The summed E-state index contributed by atoms with van der Waals surface area (Å²) in [6.07, 6.45) is 4.14. The van der Waals surface area contributed by atoms with Gasteiger partial charge in [0, 0.05) is 34.9 Å². The Bertz CT molecular complexity index is 500. The van der Waals surface area contributed by atoms with Gasteiger partial charge < -0.3 is 9.84 Å². The molecule has 1 atom stereocenters. The maximum absolute atomic E-state index is 5.19. The predicted octanol–water partition coefficient (Wildman–Crippen LogP) is 2.04. The zero-order valence-corrected chi connectivity index (χ0v) is 11.2. The van der Waals surface area contributed by atoms with E-state index < -0.39 is 0 Å². The molecule has 2 rings (SSSR count). The van der Waals surface area contributed by atoms with Crippen molar-refractivity contribution >= 4 is 15.9 Å². The maximum atomic E-state index is 5.19. The number of pyridine rings is 1. The molecule has 2 heterocycles. The summed E-state index contributed by atoms with van der Waals surface area (Å²) in [5.74, 6) is 1.19. The maximum Gasteiger partial charge on any atom is 0.228 e. The van der Waals surface area contributed by atoms with Crippen LogP contribution in [0.3, 0.4) is 0 Å². The van der Waals surface area contributed by atoms with Gasteiger partial charge in [0.15, 0.2) is 0 Å². The lowest BCUT2D eigenvalue weighted by atomic mass is 10.2. The molecule has 0 aliphatic rings. The van der Waals surface area contributed by atoms with Crippen molar-refractivity contribution in [3.8, 4) is 11.4 Å². The summed E-state index contributed by atoms with van der Waals surface area (Å²) in [7, 11) is 1.90. The molecule has 1 N–H and O–H groups in total. The first-order valence-corrected chi connectivity index (χ1v) is 6.09. The van der Waals surface area contributed by atoms with E-state index in [1.165, 1.54) is 0 Å². The summed E-state index contributed by atoms with van der Waals surface area (Å²) in [5, 5.41) is 7.06. The largest absolute Gasteiger partial charge is 0.339 e. The smallest absolute Gasteiger partial charge is 0.228 e. The normalized spacial score (nSPS) is 12.6. The van der Waals surface area contributed by atoms with Crippen molar-refractivity contribution in [1.82, 2.24) is 20.4 Å². The summed E-state index contributed by atoms with van der Waals surface area (Å²) in [6, 6.07) is 2.22. The summed E-state index contributed by atoms with van der Waals surface area (Å²) < 4.78 is 6.08. The lowest BCUT2D eigenvalue weighted by Gasteiger charge is -2.04. The molecule has 6 heteroatoms. The summed E-state index contributed by atoms with van der Waals surface area (Å²) in [5.41, 5.74) is 0.839. The van der Waals surface area contributed by atoms with Crippen LogP contribution in [0.5, 0.6) is 0 Å². The Morgan fingerprint density at radius 2 is 2.29 bits per heavy atom. The lowest BCUT2D eigenvalue weighted by Crippen LogP contribution is -2.23. The molecule has 2 aromatic rings. The Hall–Kier alpha value is -1.27. The van der Waals surface area contributed by atoms with Crippen molar-refractivity contribution in [2.24, 2.45) is 0 Å². The highest BCUT2D eigenvalue weighted by Crippen LogP contribution is 2.19. The number of halogens is 1. The number of aromatic nitrogens is 3. The van der Waals surface area contributed by atoms with Gasteiger partial charge in [0.1, 0.15) is 0 Å². The number of hydrogen-bond acceptors (Lipinski definition) is 5. The van der Waals surface area contributed by atoms with Crippen LogP contribution in [0.1, 0.15) is 12.8 Å². The minimum absolute atomic E-state index is 0.309. The topological polar surface area (TPSA) is 63.8 Å². The van der Waals surface area contributed by atoms with Gasteiger partial charge in [-0.15, -0.1) is 0 Å². The molecule has 5 nitrogen and oxygen atoms in total. The van der Waals surface area contributed by atoms with Crippen LogP contribution in [0.25, 0.3) is 11.4 Å². The van der Waals surface area contributed by atoms with E-state index in [0.717, 1.165) is 10.0 Å². The van der Waals surface area contributed by atoms with Gasteiger partial charge in [-0.05, 0) is 36.0 Å². The van der Waals surface area contributed by atoms with E-state index in [2.05, 4.69) is 43.3 Å². The highest BCUT2D eigenvalue weighted by Gasteiger charge is 2.11. The van der Waals surface area contributed by atoms with Gasteiger partial charge in [0.2, 0.25) is 11.7 Å². The Balaban J connectivity index is 2.18. The summed E-state index contributed by atoms with van der Waals surface area (Å²) in [6.45, 7) is 2.06. The molecule has 17 heavy (non-hydrogen) atoms. The molecule has 0 radical (unpaired) electrons. The monoisotopic (exact) mass is 296 g/mol. The number of likely N-dealkylation sites (N-methyl/N-ethyl adjacent to an activating group) is 1. The minimum atomic E-state index is 0.309. The third kappa shape index (κ3) is 3.10. The Kier molecular flexibility index (Phi) is 3.86. The van der Waals surface area contributed by atoms with Crippen LogP contribution < -0.4 is 5.32 Å². The van der Waals surface area contributed by atoms with Crippen LogP contribution >= 0.6 is 15.9 Å². The van der Waals surface area contributed by atoms with E-state index in [1.807, 2.05) is 13.1 Å². The molecular weight excluding hydrogens is 284 g/mol. The molecule has 0 fully saturated rings. The summed E-state index contributed by atoms with van der Waals surface area (Å²) >= 11 is 3.36. The zero-order chi connectivity index (χ0) is 12.3. The van der Waals surface area contributed by atoms with Crippen LogP contribution in [0.4, 0.5) is 0 Å². The van der Waals surface area contributed by atoms with Gasteiger partial charge in [-0.2, -0.15) is 4.98 Å². The van der Waals surface area contributed by atoms with E-state index in [-0.39, 0.29) is 0 Å². The van der Waals surface area contributed by atoms with Crippen LogP contribution in [0.2, 0.25) is 0 Å². The average molecular weight is 297 g/mol. The molecule has 0 saturated heterocycles. The van der Waals surface area contributed by atoms with Gasteiger partial charge in [0.05, 0.1) is 0 Å². The molecule has 0 aromatic carbocycles. The summed E-state index contributed by atoms with van der Waals surface area (Å²) in [4.78, 5) is 8.40. The van der Waals surface area contributed by atoms with E-state index in [4.69, 9.17) is 4.52 Å². The predicted molar refractivity (Wildman–Crippen MR) is 67.5 cm³/mol. The van der Waals surface area contributed by atoms with E-state index >= 15 is 0 Å². The minimum Gasteiger partial charge on any atom is -0.339 e. The number of nitrogens with one attached hydrogen (secondary N) is 1. The van der Waals surface area contributed by atoms with Crippen LogP contribution in [-0.2, 0) is 6.42 Å². The van der Waals surface area contributed by atoms with E-state index in [1.54, 1.807) is 12.4 Å². The number of nitrogens with zero attached hydrogens (tertiary/aromatic N) is 3. The Labute approximate surface area is 108 Å². The molecule has 2 aromatic heterocycles. The fraction of sp³-hybridized carbons (Fsp3) is 0.364. The lowest BCUT2D eigenvalue weighted by molar-refractivity contribution is 0.365. The van der Waals surface area contributed by atoms with Crippen LogP contribution in [0.15, 0.2) is 27.5 Å².